The summed E-state index contributed by atoms with van der Waals surface area (Å²) in [6.45, 7) is 4.14. The highest BCUT2D eigenvalue weighted by Crippen LogP contribution is 2.52. The molecule has 0 spiro atoms. The lowest BCUT2D eigenvalue weighted by Gasteiger charge is -2.36. The predicted molar refractivity (Wildman–Crippen MR) is 139 cm³/mol. The molecule has 174 valence electrons. The zero-order valence-corrected chi connectivity index (χ0v) is 20.2. The van der Waals surface area contributed by atoms with Gasteiger partial charge in [-0.15, -0.1) is 11.8 Å². The van der Waals surface area contributed by atoms with Gasteiger partial charge in [-0.2, -0.15) is 0 Å². The predicted octanol–water partition coefficient (Wildman–Crippen LogP) is 5.98. The van der Waals surface area contributed by atoms with Crippen LogP contribution in [0.3, 0.4) is 0 Å². The van der Waals surface area contributed by atoms with Crippen molar-refractivity contribution < 1.29 is 9.84 Å². The Balaban J connectivity index is 1.23. The van der Waals surface area contributed by atoms with Gasteiger partial charge in [-0.05, 0) is 79.9 Å². The molecule has 5 heteroatoms. The number of phenols is 1. The Morgan fingerprint density at radius 2 is 1.79 bits per heavy atom. The highest BCUT2D eigenvalue weighted by atomic mass is 32.2. The molecule has 0 amide bonds. The molecule has 34 heavy (non-hydrogen) atoms. The average molecular weight is 471 g/mol. The Morgan fingerprint density at radius 3 is 2.65 bits per heavy atom. The third-order valence-corrected chi connectivity index (χ3v) is 8.66. The van der Waals surface area contributed by atoms with E-state index >= 15 is 0 Å². The fourth-order valence-corrected chi connectivity index (χ4v) is 6.86. The van der Waals surface area contributed by atoms with Crippen LogP contribution in [0.5, 0.6) is 11.5 Å². The highest BCUT2D eigenvalue weighted by molar-refractivity contribution is 7.99. The van der Waals surface area contributed by atoms with Crippen molar-refractivity contribution >= 4 is 23.2 Å². The van der Waals surface area contributed by atoms with Crippen molar-refractivity contribution in [3.05, 3.63) is 83.4 Å². The maximum Gasteiger partial charge on any atom is 0.119 e. The Bertz CT molecular complexity index is 1220. The summed E-state index contributed by atoms with van der Waals surface area (Å²) in [7, 11) is 0. The molecule has 3 aliphatic rings. The van der Waals surface area contributed by atoms with Gasteiger partial charge in [0.25, 0.3) is 0 Å². The van der Waals surface area contributed by atoms with Crippen LogP contribution in [-0.2, 0) is 11.8 Å². The molecule has 0 bridgehead atoms. The lowest BCUT2D eigenvalue weighted by molar-refractivity contribution is 0.183. The van der Waals surface area contributed by atoms with E-state index in [4.69, 9.17) is 9.73 Å². The summed E-state index contributed by atoms with van der Waals surface area (Å²) in [6, 6.07) is 22.7. The van der Waals surface area contributed by atoms with Gasteiger partial charge >= 0.3 is 0 Å². The molecule has 6 rings (SSSR count). The van der Waals surface area contributed by atoms with Crippen LogP contribution in [0.1, 0.15) is 36.0 Å². The SMILES string of the molecule is Oc1ccc2c(c1)C1(Cc3ccc(OCCN4CCCCC4)cc3)CSc3ccccc3C1=N2. The van der Waals surface area contributed by atoms with Gasteiger partial charge in [0.2, 0.25) is 0 Å². The van der Waals surface area contributed by atoms with E-state index in [1.807, 2.05) is 23.9 Å². The second-order valence-electron chi connectivity index (χ2n) is 9.60. The smallest absolute Gasteiger partial charge is 0.119 e. The summed E-state index contributed by atoms with van der Waals surface area (Å²) < 4.78 is 6.05. The molecule has 0 saturated carbocycles. The first kappa shape index (κ1) is 21.8. The number of piperidine rings is 1. The first-order valence-electron chi connectivity index (χ1n) is 12.3. The van der Waals surface area contributed by atoms with E-state index in [1.165, 1.54) is 48.4 Å². The third kappa shape index (κ3) is 4.01. The third-order valence-electron chi connectivity index (χ3n) is 7.35. The van der Waals surface area contributed by atoms with Crippen LogP contribution < -0.4 is 4.74 Å². The first-order valence-corrected chi connectivity index (χ1v) is 13.3. The maximum atomic E-state index is 10.3. The molecule has 1 fully saturated rings. The van der Waals surface area contributed by atoms with Gasteiger partial charge < -0.3 is 9.84 Å². The lowest BCUT2D eigenvalue weighted by atomic mass is 9.72. The number of rotatable bonds is 6. The zero-order chi connectivity index (χ0) is 23.0. The molecule has 1 atom stereocenters. The fourth-order valence-electron chi connectivity index (χ4n) is 5.57. The standard InChI is InChI=1S/C29H30N2O2S/c32-22-10-13-26-25(18-22)29(20-34-27-7-3-2-6-24(27)28(29)30-26)19-21-8-11-23(12-9-21)33-17-16-31-14-4-1-5-15-31/h2-3,6-13,18,32H,1,4-5,14-17,19-20H2. The minimum Gasteiger partial charge on any atom is -0.508 e. The van der Waals surface area contributed by atoms with Crippen LogP contribution in [-0.4, -0.2) is 47.7 Å². The normalized spacial score (nSPS) is 21.4. The molecule has 4 nitrogen and oxygen atoms in total. The Kier molecular flexibility index (Phi) is 5.84. The van der Waals surface area contributed by atoms with Gasteiger partial charge in [-0.1, -0.05) is 36.8 Å². The minimum atomic E-state index is -0.246. The van der Waals surface area contributed by atoms with Crippen LogP contribution in [0, 0.1) is 0 Å². The number of nitrogens with zero attached hydrogens (tertiary/aromatic N) is 2. The summed E-state index contributed by atoms with van der Waals surface area (Å²) in [5.41, 5.74) is 5.46. The molecular formula is C29H30N2O2S. The number of thioether (sulfide) groups is 1. The van der Waals surface area contributed by atoms with Crippen LogP contribution in [0.2, 0.25) is 0 Å². The largest absolute Gasteiger partial charge is 0.508 e. The monoisotopic (exact) mass is 470 g/mol. The number of ether oxygens (including phenoxy) is 1. The van der Waals surface area contributed by atoms with Crippen molar-refractivity contribution in [2.24, 2.45) is 4.99 Å². The van der Waals surface area contributed by atoms with E-state index < -0.39 is 0 Å². The number of fused-ring (bicyclic) bond motifs is 5. The molecular weight excluding hydrogens is 440 g/mol. The van der Waals surface area contributed by atoms with E-state index in [9.17, 15) is 5.11 Å². The first-order chi connectivity index (χ1) is 16.7. The molecule has 3 aromatic carbocycles. The van der Waals surface area contributed by atoms with Crippen LogP contribution >= 0.6 is 11.8 Å². The number of hydrogen-bond donors (Lipinski definition) is 1. The lowest BCUT2D eigenvalue weighted by Crippen LogP contribution is -2.41. The van der Waals surface area contributed by atoms with Crippen LogP contribution in [0.25, 0.3) is 0 Å². The molecule has 3 heterocycles. The van der Waals surface area contributed by atoms with E-state index in [2.05, 4.69) is 53.4 Å². The average Bonchev–Trinajstić information content (AvgIpc) is 3.19. The second kappa shape index (κ2) is 9.12. The molecule has 3 aliphatic heterocycles. The number of aromatic hydroxyl groups is 1. The summed E-state index contributed by atoms with van der Waals surface area (Å²) >= 11 is 1.89. The summed E-state index contributed by atoms with van der Waals surface area (Å²) in [5.74, 6) is 2.14. The summed E-state index contributed by atoms with van der Waals surface area (Å²) in [6.07, 6.45) is 4.83. The molecule has 1 unspecified atom stereocenters. The van der Waals surface area contributed by atoms with E-state index in [0.29, 0.717) is 5.75 Å². The molecule has 3 aromatic rings. The van der Waals surface area contributed by atoms with Crippen molar-refractivity contribution in [2.45, 2.75) is 36.0 Å². The Morgan fingerprint density at radius 1 is 0.971 bits per heavy atom. The number of hydrogen-bond acceptors (Lipinski definition) is 5. The summed E-state index contributed by atoms with van der Waals surface area (Å²) in [4.78, 5) is 8.88. The van der Waals surface area contributed by atoms with Gasteiger partial charge in [0.05, 0.1) is 16.8 Å². The van der Waals surface area contributed by atoms with Crippen molar-refractivity contribution in [3.8, 4) is 11.5 Å². The van der Waals surface area contributed by atoms with Gasteiger partial charge in [-0.25, -0.2) is 0 Å². The fraction of sp³-hybridized carbons (Fsp3) is 0.345. The second-order valence-corrected chi connectivity index (χ2v) is 10.6. The number of phenolic OH excluding ortho intramolecular Hbond substituents is 1. The van der Waals surface area contributed by atoms with Crippen molar-refractivity contribution in [2.75, 3.05) is 32.0 Å². The van der Waals surface area contributed by atoms with E-state index in [0.717, 1.165) is 48.0 Å². The maximum absolute atomic E-state index is 10.3. The van der Waals surface area contributed by atoms with Crippen molar-refractivity contribution in [1.29, 1.82) is 0 Å². The zero-order valence-electron chi connectivity index (χ0n) is 19.4. The molecule has 1 N–H and O–H groups in total. The molecule has 1 saturated heterocycles. The molecule has 0 radical (unpaired) electrons. The van der Waals surface area contributed by atoms with E-state index in [1.54, 1.807) is 6.07 Å². The number of likely N-dealkylation sites (tertiary alicyclic amines) is 1. The molecule has 0 aliphatic carbocycles. The van der Waals surface area contributed by atoms with Gasteiger partial charge in [0.15, 0.2) is 0 Å². The van der Waals surface area contributed by atoms with Crippen molar-refractivity contribution in [3.63, 3.8) is 0 Å². The number of benzene rings is 3. The minimum absolute atomic E-state index is 0.246. The van der Waals surface area contributed by atoms with Crippen LogP contribution in [0.4, 0.5) is 5.69 Å². The van der Waals surface area contributed by atoms with Gasteiger partial charge in [-0.3, -0.25) is 9.89 Å². The Hall–Kier alpha value is -2.76. The molecule has 0 aromatic heterocycles. The van der Waals surface area contributed by atoms with Gasteiger partial charge in [0.1, 0.15) is 18.1 Å². The van der Waals surface area contributed by atoms with Crippen LogP contribution in [0.15, 0.2) is 76.6 Å². The van der Waals surface area contributed by atoms with E-state index in [-0.39, 0.29) is 5.41 Å². The Labute approximate surface area is 205 Å². The highest BCUT2D eigenvalue weighted by Gasteiger charge is 2.47. The number of aliphatic imine (C=N–C) groups is 1. The summed E-state index contributed by atoms with van der Waals surface area (Å²) in [5, 5.41) is 10.3. The van der Waals surface area contributed by atoms with Crippen molar-refractivity contribution in [1.82, 2.24) is 4.90 Å². The van der Waals surface area contributed by atoms with Gasteiger partial charge in [0, 0.05) is 22.8 Å². The topological polar surface area (TPSA) is 45.1 Å². The quantitative estimate of drug-likeness (QED) is 0.482.